The molecule has 0 fully saturated rings. The molecule has 0 radical (unpaired) electrons. The lowest BCUT2D eigenvalue weighted by Gasteiger charge is -2.09. The fourth-order valence-electron chi connectivity index (χ4n) is 1.59. The normalized spacial score (nSPS) is 10.4. The van der Waals surface area contributed by atoms with E-state index >= 15 is 0 Å². The molecule has 2 N–H and O–H groups in total. The lowest BCUT2D eigenvalue weighted by Crippen LogP contribution is -2.14. The van der Waals surface area contributed by atoms with Crippen molar-refractivity contribution in [3.63, 3.8) is 0 Å². The average Bonchev–Trinajstić information content (AvgIpc) is 2.52. The molecular weight excluding hydrogens is 192 g/mol. The summed E-state index contributed by atoms with van der Waals surface area (Å²) in [6.07, 6.45) is 0.860. The van der Waals surface area contributed by atoms with Gasteiger partial charge in [0.25, 0.3) is 0 Å². The number of esters is 1. The van der Waals surface area contributed by atoms with Gasteiger partial charge in [-0.05, 0) is 38.4 Å². The van der Waals surface area contributed by atoms with E-state index in [1.165, 1.54) is 7.11 Å². The van der Waals surface area contributed by atoms with Gasteiger partial charge in [0.2, 0.25) is 0 Å². The molecule has 84 valence electrons. The van der Waals surface area contributed by atoms with Gasteiger partial charge in [0, 0.05) is 12.2 Å². The van der Waals surface area contributed by atoms with Crippen LogP contribution in [0.1, 0.15) is 28.2 Å². The predicted octanol–water partition coefficient (Wildman–Crippen LogP) is 1.24. The largest absolute Gasteiger partial charge is 0.464 e. The van der Waals surface area contributed by atoms with Gasteiger partial charge >= 0.3 is 5.97 Å². The van der Waals surface area contributed by atoms with Crippen LogP contribution in [0.2, 0.25) is 0 Å². The number of carbonyl (C=O) groups excluding carboxylic acids is 1. The summed E-state index contributed by atoms with van der Waals surface area (Å²) in [6, 6.07) is 1.86. The molecule has 4 heteroatoms. The molecule has 1 aromatic heterocycles. The summed E-state index contributed by atoms with van der Waals surface area (Å²) in [5.41, 5.74) is 8.28. The zero-order valence-corrected chi connectivity index (χ0v) is 9.54. The summed E-state index contributed by atoms with van der Waals surface area (Å²) in [4.78, 5) is 11.5. The first kappa shape index (κ1) is 11.8. The molecule has 0 saturated carbocycles. The third kappa shape index (κ3) is 2.39. The molecular formula is C11H18N2O2. The third-order valence-electron chi connectivity index (χ3n) is 2.60. The molecule has 0 aliphatic carbocycles. The monoisotopic (exact) mass is 210 g/mol. The molecule has 0 saturated heterocycles. The van der Waals surface area contributed by atoms with Gasteiger partial charge in [-0.2, -0.15) is 0 Å². The molecule has 1 aromatic rings. The molecule has 1 heterocycles. The van der Waals surface area contributed by atoms with Crippen LogP contribution in [0.5, 0.6) is 0 Å². The molecule has 0 atom stereocenters. The maximum absolute atomic E-state index is 11.5. The lowest BCUT2D eigenvalue weighted by molar-refractivity contribution is 0.0588. The topological polar surface area (TPSA) is 57.2 Å². The Morgan fingerprint density at radius 1 is 1.53 bits per heavy atom. The van der Waals surface area contributed by atoms with E-state index < -0.39 is 0 Å². The molecule has 15 heavy (non-hydrogen) atoms. The first-order valence-corrected chi connectivity index (χ1v) is 5.07. The molecule has 0 aliphatic heterocycles. The Hall–Kier alpha value is -1.29. The van der Waals surface area contributed by atoms with E-state index in [0.29, 0.717) is 12.2 Å². The maximum atomic E-state index is 11.5. The van der Waals surface area contributed by atoms with Gasteiger partial charge in [-0.15, -0.1) is 0 Å². The van der Waals surface area contributed by atoms with Crippen LogP contribution in [0, 0.1) is 13.8 Å². The van der Waals surface area contributed by atoms with Crippen molar-refractivity contribution in [2.45, 2.75) is 26.8 Å². The van der Waals surface area contributed by atoms with Gasteiger partial charge in [-0.3, -0.25) is 0 Å². The first-order chi connectivity index (χ1) is 7.11. The molecule has 1 rings (SSSR count). The van der Waals surface area contributed by atoms with E-state index in [-0.39, 0.29) is 5.97 Å². The smallest absolute Gasteiger partial charge is 0.354 e. The van der Waals surface area contributed by atoms with Crippen molar-refractivity contribution >= 4 is 5.97 Å². The zero-order chi connectivity index (χ0) is 11.4. The van der Waals surface area contributed by atoms with Crippen LogP contribution < -0.4 is 5.73 Å². The van der Waals surface area contributed by atoms with Gasteiger partial charge < -0.3 is 15.0 Å². The number of aromatic nitrogens is 1. The molecule has 0 unspecified atom stereocenters. The maximum Gasteiger partial charge on any atom is 0.354 e. The van der Waals surface area contributed by atoms with Gasteiger partial charge in [0.1, 0.15) is 5.69 Å². The number of nitrogens with two attached hydrogens (primary N) is 1. The van der Waals surface area contributed by atoms with E-state index in [0.717, 1.165) is 24.2 Å². The SMILES string of the molecule is COC(=O)c1cc(C)c(C)n1CCCN. The average molecular weight is 210 g/mol. The number of hydrogen-bond donors (Lipinski definition) is 1. The minimum atomic E-state index is -0.289. The summed E-state index contributed by atoms with van der Waals surface area (Å²) >= 11 is 0. The van der Waals surface area contributed by atoms with E-state index in [9.17, 15) is 4.79 Å². The minimum Gasteiger partial charge on any atom is -0.464 e. The van der Waals surface area contributed by atoms with E-state index in [1.54, 1.807) is 0 Å². The van der Waals surface area contributed by atoms with Crippen LogP contribution in [-0.4, -0.2) is 24.2 Å². The standard InChI is InChI=1S/C11H18N2O2/c1-8-7-10(11(14)15-3)13(9(8)2)6-4-5-12/h7H,4-6,12H2,1-3H3. The van der Waals surface area contributed by atoms with Crippen molar-refractivity contribution in [3.05, 3.63) is 23.0 Å². The second kappa shape index (κ2) is 4.98. The van der Waals surface area contributed by atoms with E-state index in [4.69, 9.17) is 10.5 Å². The van der Waals surface area contributed by atoms with Crippen LogP contribution in [0.3, 0.4) is 0 Å². The van der Waals surface area contributed by atoms with Crippen LogP contribution in [0.25, 0.3) is 0 Å². The summed E-state index contributed by atoms with van der Waals surface area (Å²) in [6.45, 7) is 5.37. The van der Waals surface area contributed by atoms with Gasteiger partial charge in [0.15, 0.2) is 0 Å². The van der Waals surface area contributed by atoms with Crippen LogP contribution in [0.15, 0.2) is 6.07 Å². The third-order valence-corrected chi connectivity index (χ3v) is 2.60. The van der Waals surface area contributed by atoms with Crippen molar-refractivity contribution in [1.29, 1.82) is 0 Å². The Bertz CT molecular complexity index is 356. The van der Waals surface area contributed by atoms with Crippen LogP contribution in [-0.2, 0) is 11.3 Å². The van der Waals surface area contributed by atoms with Crippen molar-refractivity contribution in [2.24, 2.45) is 5.73 Å². The van der Waals surface area contributed by atoms with Crippen LogP contribution >= 0.6 is 0 Å². The molecule has 0 amide bonds. The Kier molecular flexibility index (Phi) is 3.91. The lowest BCUT2D eigenvalue weighted by atomic mass is 10.3. The Morgan fingerprint density at radius 3 is 2.73 bits per heavy atom. The summed E-state index contributed by atoms with van der Waals surface area (Å²) in [7, 11) is 1.40. The predicted molar refractivity (Wildman–Crippen MR) is 58.9 cm³/mol. The molecule has 0 bridgehead atoms. The number of ether oxygens (including phenoxy) is 1. The highest BCUT2D eigenvalue weighted by atomic mass is 16.5. The summed E-state index contributed by atoms with van der Waals surface area (Å²) in [5.74, 6) is -0.289. The summed E-state index contributed by atoms with van der Waals surface area (Å²) < 4.78 is 6.70. The summed E-state index contributed by atoms with van der Waals surface area (Å²) in [5, 5.41) is 0. The fourth-order valence-corrected chi connectivity index (χ4v) is 1.59. The number of methoxy groups -OCH3 is 1. The Morgan fingerprint density at radius 2 is 2.20 bits per heavy atom. The second-order valence-corrected chi connectivity index (χ2v) is 3.58. The molecule has 0 aliphatic rings. The first-order valence-electron chi connectivity index (χ1n) is 5.07. The fraction of sp³-hybridized carbons (Fsp3) is 0.545. The van der Waals surface area contributed by atoms with Crippen molar-refractivity contribution in [3.8, 4) is 0 Å². The number of hydrogen-bond acceptors (Lipinski definition) is 3. The van der Waals surface area contributed by atoms with Crippen molar-refractivity contribution in [2.75, 3.05) is 13.7 Å². The van der Waals surface area contributed by atoms with Gasteiger partial charge in [-0.25, -0.2) is 4.79 Å². The highest BCUT2D eigenvalue weighted by Gasteiger charge is 2.15. The number of nitrogens with zero attached hydrogens (tertiary/aromatic N) is 1. The Balaban J connectivity index is 3.03. The van der Waals surface area contributed by atoms with E-state index in [1.807, 2.05) is 24.5 Å². The van der Waals surface area contributed by atoms with Gasteiger partial charge in [0.05, 0.1) is 7.11 Å². The molecule has 0 aromatic carbocycles. The number of carbonyl (C=O) groups is 1. The van der Waals surface area contributed by atoms with Crippen molar-refractivity contribution < 1.29 is 9.53 Å². The quantitative estimate of drug-likeness (QED) is 0.761. The highest BCUT2D eigenvalue weighted by molar-refractivity contribution is 5.88. The number of rotatable bonds is 4. The van der Waals surface area contributed by atoms with Gasteiger partial charge in [-0.1, -0.05) is 0 Å². The highest BCUT2D eigenvalue weighted by Crippen LogP contribution is 2.15. The number of aryl methyl sites for hydroxylation is 1. The Labute approximate surface area is 90.0 Å². The van der Waals surface area contributed by atoms with E-state index in [2.05, 4.69) is 0 Å². The molecule has 0 spiro atoms. The van der Waals surface area contributed by atoms with Crippen LogP contribution in [0.4, 0.5) is 0 Å². The molecule has 4 nitrogen and oxygen atoms in total. The zero-order valence-electron chi connectivity index (χ0n) is 9.54. The van der Waals surface area contributed by atoms with Crippen molar-refractivity contribution in [1.82, 2.24) is 4.57 Å². The second-order valence-electron chi connectivity index (χ2n) is 3.58. The minimum absolute atomic E-state index is 0.289.